The van der Waals surface area contributed by atoms with Crippen LogP contribution in [0.1, 0.15) is 42.6 Å². The summed E-state index contributed by atoms with van der Waals surface area (Å²) in [4.78, 5) is 18.1. The molecule has 0 amide bonds. The molecule has 0 bridgehead atoms. The lowest BCUT2D eigenvalue weighted by molar-refractivity contribution is 0.0527. The minimum Gasteiger partial charge on any atom is -0.462 e. The van der Waals surface area contributed by atoms with Crippen LogP contribution in [0.3, 0.4) is 0 Å². The van der Waals surface area contributed by atoms with Crippen LogP contribution in [0.2, 0.25) is 0 Å². The molecule has 2 heterocycles. The summed E-state index contributed by atoms with van der Waals surface area (Å²) in [5.74, 6) is 0.131. The fourth-order valence-corrected chi connectivity index (χ4v) is 3.52. The molecule has 23 heavy (non-hydrogen) atoms. The van der Waals surface area contributed by atoms with Gasteiger partial charge in [0.05, 0.1) is 28.3 Å². The third-order valence-electron chi connectivity index (χ3n) is 3.74. The molecule has 0 unspecified atom stereocenters. The van der Waals surface area contributed by atoms with Crippen molar-refractivity contribution >= 4 is 28.2 Å². The highest BCUT2D eigenvalue weighted by Crippen LogP contribution is 2.33. The van der Waals surface area contributed by atoms with Crippen LogP contribution < -0.4 is 0 Å². The number of ether oxygens (including phenoxy) is 1. The molecular weight excluding hydrogens is 306 g/mol. The van der Waals surface area contributed by atoms with Crippen molar-refractivity contribution in [3.05, 3.63) is 52.9 Å². The summed E-state index contributed by atoms with van der Waals surface area (Å²) in [5.41, 5.74) is 3.38. The van der Waals surface area contributed by atoms with Gasteiger partial charge in [0.15, 0.2) is 0 Å². The van der Waals surface area contributed by atoms with Gasteiger partial charge in [0, 0.05) is 5.39 Å². The van der Waals surface area contributed by atoms with Crippen molar-refractivity contribution in [2.75, 3.05) is 6.61 Å². The highest BCUT2D eigenvalue weighted by molar-refractivity contribution is 7.13. The number of para-hydroxylation sites is 1. The first-order valence-electron chi connectivity index (χ1n) is 7.76. The summed E-state index contributed by atoms with van der Waals surface area (Å²) in [6.07, 6.45) is 0. The quantitative estimate of drug-likeness (QED) is 0.614. The minimum atomic E-state index is -0.319. The van der Waals surface area contributed by atoms with Crippen molar-refractivity contribution in [1.29, 1.82) is 0 Å². The lowest BCUT2D eigenvalue weighted by atomic mass is 10.0. The number of esters is 1. The number of fused-ring (bicyclic) bond motifs is 1. The van der Waals surface area contributed by atoms with Gasteiger partial charge in [-0.2, -0.15) is 0 Å². The van der Waals surface area contributed by atoms with Crippen molar-refractivity contribution in [1.82, 2.24) is 4.98 Å². The van der Waals surface area contributed by atoms with Crippen molar-refractivity contribution < 1.29 is 9.53 Å². The number of benzene rings is 1. The Balaban J connectivity index is 2.19. The van der Waals surface area contributed by atoms with Crippen LogP contribution in [0.15, 0.2) is 41.8 Å². The zero-order valence-electron chi connectivity index (χ0n) is 13.5. The molecular formula is C19H19NO2S. The lowest BCUT2D eigenvalue weighted by Crippen LogP contribution is -2.07. The Morgan fingerprint density at radius 2 is 2.04 bits per heavy atom. The molecule has 0 aliphatic heterocycles. The normalized spacial score (nSPS) is 11.1. The minimum absolute atomic E-state index is 0.319. The molecule has 3 nitrogen and oxygen atoms in total. The molecule has 3 aromatic rings. The first-order valence-corrected chi connectivity index (χ1v) is 8.63. The first kappa shape index (κ1) is 15.7. The molecule has 0 fully saturated rings. The van der Waals surface area contributed by atoms with Crippen LogP contribution in [0, 0.1) is 0 Å². The standard InChI is InChI=1S/C19H19NO2S/c1-4-22-19(21)15-9-13-7-5-6-8-16(13)20-18(15)17-10-14(11-23-17)12(2)3/h5-12H,4H2,1-3H3. The summed E-state index contributed by atoms with van der Waals surface area (Å²) >= 11 is 1.62. The van der Waals surface area contributed by atoms with E-state index in [0.29, 0.717) is 23.8 Å². The van der Waals surface area contributed by atoms with Crippen LogP contribution >= 0.6 is 11.3 Å². The maximum atomic E-state index is 12.4. The molecule has 118 valence electrons. The van der Waals surface area contributed by atoms with Gasteiger partial charge >= 0.3 is 5.97 Å². The lowest BCUT2D eigenvalue weighted by Gasteiger charge is -2.09. The molecule has 0 saturated carbocycles. The summed E-state index contributed by atoms with van der Waals surface area (Å²) in [7, 11) is 0. The van der Waals surface area contributed by atoms with Crippen LogP contribution in [-0.4, -0.2) is 17.6 Å². The molecule has 0 N–H and O–H groups in total. The summed E-state index contributed by atoms with van der Waals surface area (Å²) < 4.78 is 5.22. The number of carbonyl (C=O) groups is 1. The SMILES string of the molecule is CCOC(=O)c1cc2ccccc2nc1-c1cc(C(C)C)cs1. The number of pyridine rings is 1. The highest BCUT2D eigenvalue weighted by atomic mass is 32.1. The Labute approximate surface area is 139 Å². The van der Waals surface area contributed by atoms with Gasteiger partial charge in [0.25, 0.3) is 0 Å². The summed E-state index contributed by atoms with van der Waals surface area (Å²) in [6.45, 7) is 6.48. The largest absolute Gasteiger partial charge is 0.462 e. The van der Waals surface area contributed by atoms with E-state index in [1.54, 1.807) is 11.3 Å². The number of rotatable bonds is 4. The molecule has 0 atom stereocenters. The molecule has 2 aromatic heterocycles. The average molecular weight is 325 g/mol. The fraction of sp³-hybridized carbons (Fsp3) is 0.263. The van der Waals surface area contributed by atoms with Crippen LogP contribution in [0.4, 0.5) is 0 Å². The Hall–Kier alpha value is -2.20. The van der Waals surface area contributed by atoms with E-state index in [9.17, 15) is 4.79 Å². The van der Waals surface area contributed by atoms with Gasteiger partial charge in [-0.15, -0.1) is 11.3 Å². The van der Waals surface area contributed by atoms with Gasteiger partial charge in [-0.3, -0.25) is 0 Å². The maximum absolute atomic E-state index is 12.4. The molecule has 1 aromatic carbocycles. The number of aromatic nitrogens is 1. The zero-order valence-corrected chi connectivity index (χ0v) is 14.3. The van der Waals surface area contributed by atoms with Crippen LogP contribution in [0.5, 0.6) is 0 Å². The predicted octanol–water partition coefficient (Wildman–Crippen LogP) is 5.26. The zero-order chi connectivity index (χ0) is 16.4. The molecule has 0 saturated heterocycles. The van der Waals surface area contributed by atoms with Gasteiger partial charge in [-0.25, -0.2) is 9.78 Å². The topological polar surface area (TPSA) is 39.2 Å². The maximum Gasteiger partial charge on any atom is 0.340 e. The van der Waals surface area contributed by atoms with Gasteiger partial charge in [0.2, 0.25) is 0 Å². The number of hydrogen-bond donors (Lipinski definition) is 0. The van der Waals surface area contributed by atoms with Crippen molar-refractivity contribution in [2.24, 2.45) is 0 Å². The Kier molecular flexibility index (Phi) is 4.44. The van der Waals surface area contributed by atoms with E-state index in [1.807, 2.05) is 37.3 Å². The fourth-order valence-electron chi connectivity index (χ4n) is 2.45. The van der Waals surface area contributed by atoms with E-state index in [0.717, 1.165) is 15.8 Å². The van der Waals surface area contributed by atoms with Crippen LogP contribution in [-0.2, 0) is 4.74 Å². The van der Waals surface area contributed by atoms with Crippen LogP contribution in [0.25, 0.3) is 21.5 Å². The molecule has 0 aliphatic carbocycles. The van der Waals surface area contributed by atoms with Crippen molar-refractivity contribution in [3.63, 3.8) is 0 Å². The number of carbonyl (C=O) groups excluding carboxylic acids is 1. The highest BCUT2D eigenvalue weighted by Gasteiger charge is 2.18. The van der Waals surface area contributed by atoms with Gasteiger partial charge in [0.1, 0.15) is 0 Å². The number of nitrogens with zero attached hydrogens (tertiary/aromatic N) is 1. The smallest absolute Gasteiger partial charge is 0.340 e. The molecule has 0 radical (unpaired) electrons. The Morgan fingerprint density at radius 3 is 2.74 bits per heavy atom. The van der Waals surface area contributed by atoms with Gasteiger partial charge < -0.3 is 4.74 Å². The summed E-state index contributed by atoms with van der Waals surface area (Å²) in [5, 5.41) is 3.08. The third kappa shape index (κ3) is 3.13. The molecule has 4 heteroatoms. The van der Waals surface area contributed by atoms with E-state index in [-0.39, 0.29) is 5.97 Å². The van der Waals surface area contributed by atoms with E-state index in [2.05, 4.69) is 25.3 Å². The summed E-state index contributed by atoms with van der Waals surface area (Å²) in [6, 6.07) is 11.8. The van der Waals surface area contributed by atoms with Crippen molar-refractivity contribution in [3.8, 4) is 10.6 Å². The molecule has 0 aliphatic rings. The number of hydrogen-bond acceptors (Lipinski definition) is 4. The molecule has 0 spiro atoms. The average Bonchev–Trinajstić information content (AvgIpc) is 3.04. The first-order chi connectivity index (χ1) is 11.1. The van der Waals surface area contributed by atoms with Gasteiger partial charge in [-0.05, 0) is 42.0 Å². The second-order valence-electron chi connectivity index (χ2n) is 5.70. The van der Waals surface area contributed by atoms with E-state index in [4.69, 9.17) is 9.72 Å². The Morgan fingerprint density at radius 1 is 1.26 bits per heavy atom. The second-order valence-corrected chi connectivity index (χ2v) is 6.61. The Bertz CT molecular complexity index is 851. The van der Waals surface area contributed by atoms with Crippen molar-refractivity contribution in [2.45, 2.75) is 26.7 Å². The monoisotopic (exact) mass is 325 g/mol. The second kappa shape index (κ2) is 6.50. The van der Waals surface area contributed by atoms with E-state index in [1.165, 1.54) is 5.56 Å². The third-order valence-corrected chi connectivity index (χ3v) is 4.69. The van der Waals surface area contributed by atoms with E-state index >= 15 is 0 Å². The number of thiophene rings is 1. The predicted molar refractivity (Wildman–Crippen MR) is 95.1 cm³/mol. The van der Waals surface area contributed by atoms with Gasteiger partial charge in [-0.1, -0.05) is 32.0 Å². The molecule has 3 rings (SSSR count). The van der Waals surface area contributed by atoms with E-state index < -0.39 is 0 Å².